The van der Waals surface area contributed by atoms with Crippen LogP contribution in [0.4, 0.5) is 14.9 Å². The maximum absolute atomic E-state index is 13.0. The molecule has 2 amide bonds. The van der Waals surface area contributed by atoms with Crippen LogP contribution in [0.3, 0.4) is 0 Å². The molecule has 0 aliphatic rings. The summed E-state index contributed by atoms with van der Waals surface area (Å²) < 4.78 is 15.8. The number of anilines is 1. The number of hydrogen-bond acceptors (Lipinski definition) is 1. The molecule has 25 heavy (non-hydrogen) atoms. The summed E-state index contributed by atoms with van der Waals surface area (Å²) >= 11 is 3.40. The Bertz CT molecular complexity index is 861. The van der Waals surface area contributed by atoms with Crippen molar-refractivity contribution in [3.8, 4) is 0 Å². The maximum Gasteiger partial charge on any atom is 0.319 e. The lowest BCUT2D eigenvalue weighted by atomic mass is 10.2. The van der Waals surface area contributed by atoms with E-state index in [9.17, 15) is 9.18 Å². The minimum Gasteiger partial charge on any atom is -0.345 e. The zero-order valence-corrected chi connectivity index (χ0v) is 15.0. The summed E-state index contributed by atoms with van der Waals surface area (Å²) in [5, 5.41) is 5.64. The number of para-hydroxylation sites is 1. The average Bonchev–Trinajstić information content (AvgIpc) is 3.04. The van der Waals surface area contributed by atoms with Crippen molar-refractivity contribution in [2.45, 2.75) is 13.1 Å². The molecule has 0 aliphatic heterocycles. The molecule has 0 bridgehead atoms. The molecule has 2 aromatic carbocycles. The molecule has 0 saturated heterocycles. The average molecular weight is 402 g/mol. The Kier molecular flexibility index (Phi) is 5.50. The SMILES string of the molecule is O=C(NCc1cccn1Cc1ccc(F)cc1)Nc1ccccc1Br. The van der Waals surface area contributed by atoms with Crippen molar-refractivity contribution in [1.82, 2.24) is 9.88 Å². The van der Waals surface area contributed by atoms with Crippen LogP contribution in [0, 0.1) is 5.82 Å². The Balaban J connectivity index is 1.59. The summed E-state index contributed by atoms with van der Waals surface area (Å²) in [4.78, 5) is 12.1. The Hall–Kier alpha value is -2.60. The van der Waals surface area contributed by atoms with Gasteiger partial charge in [0.1, 0.15) is 5.82 Å². The standard InChI is InChI=1S/C19H17BrFN3O/c20-17-5-1-2-6-18(17)23-19(25)22-12-16-4-3-11-24(16)13-14-7-9-15(21)10-8-14/h1-11H,12-13H2,(H2,22,23,25). The van der Waals surface area contributed by atoms with Gasteiger partial charge in [0.05, 0.1) is 12.2 Å². The Morgan fingerprint density at radius 3 is 2.56 bits per heavy atom. The van der Waals surface area contributed by atoms with Crippen LogP contribution in [0.1, 0.15) is 11.3 Å². The highest BCUT2D eigenvalue weighted by molar-refractivity contribution is 9.10. The van der Waals surface area contributed by atoms with E-state index in [-0.39, 0.29) is 11.8 Å². The highest BCUT2D eigenvalue weighted by Gasteiger charge is 2.07. The number of rotatable bonds is 5. The number of hydrogen-bond donors (Lipinski definition) is 2. The molecule has 1 aromatic heterocycles. The van der Waals surface area contributed by atoms with Gasteiger partial charge in [0, 0.05) is 22.9 Å². The first-order valence-corrected chi connectivity index (χ1v) is 8.59. The minimum atomic E-state index is -0.276. The van der Waals surface area contributed by atoms with Crippen LogP contribution in [0.25, 0.3) is 0 Å². The van der Waals surface area contributed by atoms with E-state index in [2.05, 4.69) is 26.6 Å². The fourth-order valence-corrected chi connectivity index (χ4v) is 2.83. The Morgan fingerprint density at radius 1 is 1.04 bits per heavy atom. The minimum absolute atomic E-state index is 0.248. The molecule has 6 heteroatoms. The summed E-state index contributed by atoms with van der Waals surface area (Å²) in [6.45, 7) is 1.01. The summed E-state index contributed by atoms with van der Waals surface area (Å²) in [7, 11) is 0. The summed E-state index contributed by atoms with van der Waals surface area (Å²) in [6, 6.07) is 17.4. The van der Waals surface area contributed by atoms with Gasteiger partial charge in [0.25, 0.3) is 0 Å². The molecule has 2 N–H and O–H groups in total. The van der Waals surface area contributed by atoms with Crippen LogP contribution in [0.15, 0.2) is 71.3 Å². The first kappa shape index (κ1) is 17.2. The normalized spacial score (nSPS) is 10.5. The number of urea groups is 1. The number of aromatic nitrogens is 1. The molecule has 0 fully saturated rings. The quantitative estimate of drug-likeness (QED) is 0.635. The number of benzene rings is 2. The zero-order chi connectivity index (χ0) is 17.6. The van der Waals surface area contributed by atoms with E-state index < -0.39 is 0 Å². The van der Waals surface area contributed by atoms with Gasteiger partial charge in [-0.1, -0.05) is 24.3 Å². The first-order valence-electron chi connectivity index (χ1n) is 7.79. The van der Waals surface area contributed by atoms with Gasteiger partial charge in [0.15, 0.2) is 0 Å². The van der Waals surface area contributed by atoms with Gasteiger partial charge in [0.2, 0.25) is 0 Å². The fourth-order valence-electron chi connectivity index (χ4n) is 2.45. The van der Waals surface area contributed by atoms with Gasteiger partial charge >= 0.3 is 6.03 Å². The second kappa shape index (κ2) is 7.98. The van der Waals surface area contributed by atoms with E-state index in [0.717, 1.165) is 15.7 Å². The van der Waals surface area contributed by atoms with Gasteiger partial charge < -0.3 is 15.2 Å². The lowest BCUT2D eigenvalue weighted by molar-refractivity contribution is 0.251. The van der Waals surface area contributed by atoms with Crippen molar-refractivity contribution in [1.29, 1.82) is 0 Å². The van der Waals surface area contributed by atoms with Crippen molar-refractivity contribution in [3.05, 3.63) is 88.4 Å². The second-order valence-corrected chi connectivity index (χ2v) is 6.40. The van der Waals surface area contributed by atoms with Crippen LogP contribution >= 0.6 is 15.9 Å². The Morgan fingerprint density at radius 2 is 1.80 bits per heavy atom. The molecular weight excluding hydrogens is 385 g/mol. The zero-order valence-electron chi connectivity index (χ0n) is 13.4. The van der Waals surface area contributed by atoms with Crippen LogP contribution in [-0.4, -0.2) is 10.6 Å². The van der Waals surface area contributed by atoms with Crippen molar-refractivity contribution in [2.75, 3.05) is 5.32 Å². The van der Waals surface area contributed by atoms with E-state index in [1.807, 2.05) is 47.2 Å². The maximum atomic E-state index is 13.0. The number of nitrogens with one attached hydrogen (secondary N) is 2. The molecule has 0 spiro atoms. The monoisotopic (exact) mass is 401 g/mol. The molecule has 0 unspecified atom stereocenters. The lowest BCUT2D eigenvalue weighted by Crippen LogP contribution is -2.29. The molecule has 3 aromatic rings. The van der Waals surface area contributed by atoms with Gasteiger partial charge in [-0.3, -0.25) is 0 Å². The van der Waals surface area contributed by atoms with E-state index in [4.69, 9.17) is 0 Å². The fraction of sp³-hybridized carbons (Fsp3) is 0.105. The highest BCUT2D eigenvalue weighted by atomic mass is 79.9. The van der Waals surface area contributed by atoms with E-state index in [0.29, 0.717) is 18.8 Å². The summed E-state index contributed by atoms with van der Waals surface area (Å²) in [5.41, 5.74) is 2.67. The van der Waals surface area contributed by atoms with E-state index in [1.54, 1.807) is 12.1 Å². The molecular formula is C19H17BrFN3O. The molecule has 1 heterocycles. The third-order valence-corrected chi connectivity index (χ3v) is 4.43. The van der Waals surface area contributed by atoms with Crippen molar-refractivity contribution >= 4 is 27.6 Å². The number of halogens is 2. The Labute approximate surface area is 153 Å². The van der Waals surface area contributed by atoms with Crippen LogP contribution in [0.5, 0.6) is 0 Å². The van der Waals surface area contributed by atoms with Crippen molar-refractivity contribution < 1.29 is 9.18 Å². The van der Waals surface area contributed by atoms with E-state index >= 15 is 0 Å². The molecule has 0 saturated carbocycles. The number of carbonyl (C=O) groups is 1. The number of carbonyl (C=O) groups excluding carboxylic acids is 1. The third-order valence-electron chi connectivity index (χ3n) is 3.74. The molecule has 0 aliphatic carbocycles. The smallest absolute Gasteiger partial charge is 0.319 e. The van der Waals surface area contributed by atoms with Crippen LogP contribution < -0.4 is 10.6 Å². The van der Waals surface area contributed by atoms with E-state index in [1.165, 1.54) is 12.1 Å². The largest absolute Gasteiger partial charge is 0.345 e. The molecule has 128 valence electrons. The summed E-state index contributed by atoms with van der Waals surface area (Å²) in [6.07, 6.45) is 1.94. The van der Waals surface area contributed by atoms with Crippen molar-refractivity contribution in [2.24, 2.45) is 0 Å². The second-order valence-electron chi connectivity index (χ2n) is 5.54. The predicted octanol–water partition coefficient (Wildman–Crippen LogP) is 4.76. The molecule has 0 atom stereocenters. The topological polar surface area (TPSA) is 46.1 Å². The lowest BCUT2D eigenvalue weighted by Gasteiger charge is -2.12. The van der Waals surface area contributed by atoms with Gasteiger partial charge in [-0.05, 0) is 57.9 Å². The van der Waals surface area contributed by atoms with Crippen LogP contribution in [-0.2, 0) is 13.1 Å². The van der Waals surface area contributed by atoms with Gasteiger partial charge in [-0.25, -0.2) is 9.18 Å². The predicted molar refractivity (Wildman–Crippen MR) is 99.9 cm³/mol. The molecule has 4 nitrogen and oxygen atoms in total. The first-order chi connectivity index (χ1) is 12.1. The summed E-state index contributed by atoms with van der Waals surface area (Å²) in [5.74, 6) is -0.248. The third kappa shape index (κ3) is 4.70. The van der Waals surface area contributed by atoms with Gasteiger partial charge in [-0.2, -0.15) is 0 Å². The van der Waals surface area contributed by atoms with Crippen molar-refractivity contribution in [3.63, 3.8) is 0 Å². The number of amides is 2. The highest BCUT2D eigenvalue weighted by Crippen LogP contribution is 2.20. The van der Waals surface area contributed by atoms with Crippen LogP contribution in [0.2, 0.25) is 0 Å². The number of nitrogens with zero attached hydrogens (tertiary/aromatic N) is 1. The van der Waals surface area contributed by atoms with Gasteiger partial charge in [-0.15, -0.1) is 0 Å². The molecule has 0 radical (unpaired) electrons. The molecule has 3 rings (SSSR count).